The molecule has 0 saturated carbocycles. The maximum absolute atomic E-state index is 14.0. The first kappa shape index (κ1) is 15.1. The van der Waals surface area contributed by atoms with E-state index in [0.29, 0.717) is 23.4 Å². The molecule has 122 valence electrons. The van der Waals surface area contributed by atoms with Gasteiger partial charge in [0.2, 0.25) is 0 Å². The van der Waals surface area contributed by atoms with Crippen molar-refractivity contribution in [2.45, 2.75) is 6.92 Å². The second-order valence-corrected chi connectivity index (χ2v) is 5.73. The Kier molecular flexibility index (Phi) is 3.55. The number of aromatic amines is 1. The van der Waals surface area contributed by atoms with Crippen LogP contribution in [0.1, 0.15) is 12.5 Å². The minimum atomic E-state index is -0.303. The number of fused-ring (bicyclic) bond motifs is 3. The minimum absolute atomic E-state index is 0.303. The highest BCUT2D eigenvalue weighted by molar-refractivity contribution is 6.10. The van der Waals surface area contributed by atoms with E-state index < -0.39 is 0 Å². The molecule has 4 rings (SSSR count). The van der Waals surface area contributed by atoms with E-state index in [4.69, 9.17) is 5.26 Å². The van der Waals surface area contributed by atoms with Crippen molar-refractivity contribution >= 4 is 27.6 Å². The maximum atomic E-state index is 14.0. The van der Waals surface area contributed by atoms with Gasteiger partial charge in [-0.2, -0.15) is 5.26 Å². The van der Waals surface area contributed by atoms with Gasteiger partial charge in [0.1, 0.15) is 17.5 Å². The summed E-state index contributed by atoms with van der Waals surface area (Å²) >= 11 is 0. The highest BCUT2D eigenvalue weighted by Gasteiger charge is 2.12. The Hall–Kier alpha value is -3.46. The Balaban J connectivity index is 1.96. The summed E-state index contributed by atoms with van der Waals surface area (Å²) in [6.07, 6.45) is 4.92. The zero-order valence-electron chi connectivity index (χ0n) is 13.5. The Labute approximate surface area is 143 Å². The summed E-state index contributed by atoms with van der Waals surface area (Å²) in [6.45, 7) is 2.66. The molecule has 3 heterocycles. The molecule has 3 aromatic heterocycles. The SMILES string of the molecule is CCNc1cc(F)cc2c1[nH]c1ncc(-c3cncc(C#N)c3)cc12. The predicted octanol–water partition coefficient (Wildman–Crippen LogP) is 4.22. The summed E-state index contributed by atoms with van der Waals surface area (Å²) in [6, 6.07) is 8.76. The van der Waals surface area contributed by atoms with Crippen molar-refractivity contribution in [1.29, 1.82) is 5.26 Å². The fourth-order valence-corrected chi connectivity index (χ4v) is 2.99. The van der Waals surface area contributed by atoms with Crippen LogP contribution in [0.4, 0.5) is 10.1 Å². The first-order valence-electron chi connectivity index (χ1n) is 7.90. The van der Waals surface area contributed by atoms with E-state index in [9.17, 15) is 4.39 Å². The zero-order chi connectivity index (χ0) is 17.4. The van der Waals surface area contributed by atoms with Crippen LogP contribution in [0.5, 0.6) is 0 Å². The van der Waals surface area contributed by atoms with Crippen LogP contribution in [0, 0.1) is 17.1 Å². The number of aromatic nitrogens is 3. The standard InChI is InChI=1S/C19H14FN5/c1-2-23-17-6-14(20)5-15-16-4-13(10-24-19(16)25-18(15)17)12-3-11(7-21)8-22-9-12/h3-6,8-10,23H,2H2,1H3,(H,24,25). The number of hydrogen-bond donors (Lipinski definition) is 2. The van der Waals surface area contributed by atoms with Gasteiger partial charge in [-0.3, -0.25) is 4.98 Å². The van der Waals surface area contributed by atoms with Gasteiger partial charge in [-0.15, -0.1) is 0 Å². The number of anilines is 1. The molecule has 0 aliphatic rings. The van der Waals surface area contributed by atoms with E-state index in [-0.39, 0.29) is 5.82 Å². The average molecular weight is 331 g/mol. The van der Waals surface area contributed by atoms with Gasteiger partial charge < -0.3 is 10.3 Å². The molecule has 1 aromatic carbocycles. The smallest absolute Gasteiger partial charge is 0.138 e. The molecule has 0 aliphatic carbocycles. The van der Waals surface area contributed by atoms with Crippen LogP contribution < -0.4 is 5.32 Å². The highest BCUT2D eigenvalue weighted by Crippen LogP contribution is 2.33. The van der Waals surface area contributed by atoms with Crippen LogP contribution >= 0.6 is 0 Å². The zero-order valence-corrected chi connectivity index (χ0v) is 13.5. The summed E-state index contributed by atoms with van der Waals surface area (Å²) in [5, 5.41) is 13.8. The van der Waals surface area contributed by atoms with Gasteiger partial charge in [0, 0.05) is 47.0 Å². The first-order valence-corrected chi connectivity index (χ1v) is 7.90. The monoisotopic (exact) mass is 331 g/mol. The molecule has 0 unspecified atom stereocenters. The molecule has 0 aliphatic heterocycles. The van der Waals surface area contributed by atoms with E-state index in [1.165, 1.54) is 18.3 Å². The van der Waals surface area contributed by atoms with Gasteiger partial charge in [0.25, 0.3) is 0 Å². The van der Waals surface area contributed by atoms with Crippen molar-refractivity contribution in [3.05, 3.63) is 54.2 Å². The van der Waals surface area contributed by atoms with E-state index >= 15 is 0 Å². The van der Waals surface area contributed by atoms with Crippen molar-refractivity contribution in [2.75, 3.05) is 11.9 Å². The molecular formula is C19H14FN5. The van der Waals surface area contributed by atoms with Crippen LogP contribution in [-0.4, -0.2) is 21.5 Å². The Morgan fingerprint density at radius 1 is 1.12 bits per heavy atom. The number of halogens is 1. The molecule has 6 heteroatoms. The summed E-state index contributed by atoms with van der Waals surface area (Å²) < 4.78 is 14.0. The second kappa shape index (κ2) is 5.87. The fourth-order valence-electron chi connectivity index (χ4n) is 2.99. The maximum Gasteiger partial charge on any atom is 0.138 e. The Morgan fingerprint density at radius 3 is 2.76 bits per heavy atom. The summed E-state index contributed by atoms with van der Waals surface area (Å²) in [5.74, 6) is -0.303. The number of nitrogens with one attached hydrogen (secondary N) is 2. The number of pyridine rings is 2. The summed E-state index contributed by atoms with van der Waals surface area (Å²) in [4.78, 5) is 11.8. The Bertz CT molecular complexity index is 1140. The van der Waals surface area contributed by atoms with Gasteiger partial charge in [-0.05, 0) is 31.2 Å². The van der Waals surface area contributed by atoms with Gasteiger partial charge in [-0.25, -0.2) is 9.37 Å². The number of nitriles is 1. The lowest BCUT2D eigenvalue weighted by atomic mass is 10.1. The van der Waals surface area contributed by atoms with E-state index in [0.717, 1.165) is 27.4 Å². The predicted molar refractivity (Wildman–Crippen MR) is 95.7 cm³/mol. The molecule has 25 heavy (non-hydrogen) atoms. The van der Waals surface area contributed by atoms with Crippen LogP contribution in [0.25, 0.3) is 33.1 Å². The van der Waals surface area contributed by atoms with Crippen LogP contribution in [0.2, 0.25) is 0 Å². The van der Waals surface area contributed by atoms with E-state index in [1.54, 1.807) is 18.5 Å². The number of hydrogen-bond acceptors (Lipinski definition) is 4. The van der Waals surface area contributed by atoms with Crippen molar-refractivity contribution in [2.24, 2.45) is 0 Å². The number of nitrogens with zero attached hydrogens (tertiary/aromatic N) is 3. The number of benzene rings is 1. The van der Waals surface area contributed by atoms with Gasteiger partial charge in [0.05, 0.1) is 16.8 Å². The van der Waals surface area contributed by atoms with Crippen molar-refractivity contribution < 1.29 is 4.39 Å². The van der Waals surface area contributed by atoms with Gasteiger partial charge >= 0.3 is 0 Å². The molecule has 2 N–H and O–H groups in total. The molecule has 4 aromatic rings. The lowest BCUT2D eigenvalue weighted by Gasteiger charge is -2.05. The first-order chi connectivity index (χ1) is 12.2. The summed E-state index contributed by atoms with van der Waals surface area (Å²) in [7, 11) is 0. The van der Waals surface area contributed by atoms with E-state index in [2.05, 4.69) is 26.3 Å². The molecular weight excluding hydrogens is 317 g/mol. The van der Waals surface area contributed by atoms with Crippen molar-refractivity contribution in [3.63, 3.8) is 0 Å². The van der Waals surface area contributed by atoms with Gasteiger partial charge in [0.15, 0.2) is 0 Å². The third-order valence-electron chi connectivity index (χ3n) is 4.09. The number of H-pyrrole nitrogens is 1. The van der Waals surface area contributed by atoms with Gasteiger partial charge in [-0.1, -0.05) is 0 Å². The topological polar surface area (TPSA) is 77.4 Å². The molecule has 0 radical (unpaired) electrons. The normalized spacial score (nSPS) is 10.9. The molecule has 0 amide bonds. The third kappa shape index (κ3) is 2.56. The van der Waals surface area contributed by atoms with Crippen LogP contribution in [0.15, 0.2) is 42.9 Å². The lowest BCUT2D eigenvalue weighted by molar-refractivity contribution is 0.630. The molecule has 5 nitrogen and oxygen atoms in total. The molecule has 0 bridgehead atoms. The van der Waals surface area contributed by atoms with Crippen molar-refractivity contribution in [1.82, 2.24) is 15.0 Å². The molecule has 0 spiro atoms. The average Bonchev–Trinajstić information content (AvgIpc) is 3.00. The highest BCUT2D eigenvalue weighted by atomic mass is 19.1. The molecule has 0 atom stereocenters. The lowest BCUT2D eigenvalue weighted by Crippen LogP contribution is -1.97. The third-order valence-corrected chi connectivity index (χ3v) is 4.09. The summed E-state index contributed by atoms with van der Waals surface area (Å²) in [5.41, 5.74) is 4.33. The van der Waals surface area contributed by atoms with Crippen LogP contribution in [0.3, 0.4) is 0 Å². The quantitative estimate of drug-likeness (QED) is 0.589. The Morgan fingerprint density at radius 2 is 1.96 bits per heavy atom. The van der Waals surface area contributed by atoms with Crippen LogP contribution in [-0.2, 0) is 0 Å². The van der Waals surface area contributed by atoms with Crippen molar-refractivity contribution in [3.8, 4) is 17.2 Å². The van der Waals surface area contributed by atoms with E-state index in [1.807, 2.05) is 13.0 Å². The largest absolute Gasteiger partial charge is 0.384 e. The minimum Gasteiger partial charge on any atom is -0.384 e. The molecule has 0 saturated heterocycles. The molecule has 0 fully saturated rings. The second-order valence-electron chi connectivity index (χ2n) is 5.73. The fraction of sp³-hybridized carbons (Fsp3) is 0.105. The number of rotatable bonds is 3.